The van der Waals surface area contributed by atoms with Gasteiger partial charge in [0, 0.05) is 12.4 Å². The fourth-order valence-electron chi connectivity index (χ4n) is 0.868. The van der Waals surface area contributed by atoms with Crippen molar-refractivity contribution in [3.63, 3.8) is 0 Å². The third-order valence-corrected chi connectivity index (χ3v) is 1.94. The molecule has 0 amide bonds. The van der Waals surface area contributed by atoms with E-state index in [2.05, 4.69) is 15.2 Å². The van der Waals surface area contributed by atoms with Crippen LogP contribution < -0.4 is 0 Å². The molecule has 2 aromatic heterocycles. The number of fused-ring (bicyclic) bond motifs is 1. The predicted octanol–water partition coefficient (Wildman–Crippen LogP) is 2.26. The van der Waals surface area contributed by atoms with Crippen molar-refractivity contribution in [1.82, 2.24) is 15.2 Å². The van der Waals surface area contributed by atoms with Crippen LogP contribution in [-0.4, -0.2) is 15.2 Å². The van der Waals surface area contributed by atoms with Gasteiger partial charge in [0.05, 0.1) is 10.4 Å². The first-order valence-electron chi connectivity index (χ1n) is 2.92. The van der Waals surface area contributed by atoms with Crippen molar-refractivity contribution < 1.29 is 0 Å². The summed E-state index contributed by atoms with van der Waals surface area (Å²) in [5.41, 5.74) is 0.659. The monoisotopic (exact) mass is 187 g/mol. The Hall–Kier alpha value is -0.800. The Balaban J connectivity index is 2.94. The lowest BCUT2D eigenvalue weighted by molar-refractivity contribution is 1.12. The number of aromatic nitrogens is 3. The number of hydrogen-bond acceptors (Lipinski definition) is 2. The fourth-order valence-corrected chi connectivity index (χ4v) is 1.25. The van der Waals surface area contributed by atoms with E-state index in [-0.39, 0.29) is 0 Å². The van der Waals surface area contributed by atoms with Crippen molar-refractivity contribution in [2.75, 3.05) is 0 Å². The van der Waals surface area contributed by atoms with Crippen LogP contribution in [0.15, 0.2) is 12.4 Å². The van der Waals surface area contributed by atoms with Gasteiger partial charge in [-0.3, -0.25) is 10.1 Å². The Bertz CT molecular complexity index is 396. The first-order chi connectivity index (χ1) is 5.29. The van der Waals surface area contributed by atoms with E-state index in [1.807, 2.05) is 0 Å². The van der Waals surface area contributed by atoms with Crippen molar-refractivity contribution in [2.24, 2.45) is 0 Å². The second-order valence-corrected chi connectivity index (χ2v) is 2.84. The molecule has 1 N–H and O–H groups in total. The number of rotatable bonds is 0. The van der Waals surface area contributed by atoms with Crippen LogP contribution in [0.2, 0.25) is 10.2 Å². The highest BCUT2D eigenvalue weighted by Crippen LogP contribution is 2.24. The summed E-state index contributed by atoms with van der Waals surface area (Å²) in [5.74, 6) is 0. The number of hydrogen-bond donors (Lipinski definition) is 1. The van der Waals surface area contributed by atoms with Crippen LogP contribution in [0.4, 0.5) is 0 Å². The van der Waals surface area contributed by atoms with Gasteiger partial charge in [-0.2, -0.15) is 5.10 Å². The number of aromatic amines is 1. The van der Waals surface area contributed by atoms with Gasteiger partial charge < -0.3 is 0 Å². The fraction of sp³-hybridized carbons (Fsp3) is 0. The largest absolute Gasteiger partial charge is 0.266 e. The Morgan fingerprint density at radius 1 is 1.27 bits per heavy atom. The molecule has 0 saturated heterocycles. The van der Waals surface area contributed by atoms with E-state index < -0.39 is 0 Å². The van der Waals surface area contributed by atoms with Crippen molar-refractivity contribution in [3.05, 3.63) is 22.6 Å². The summed E-state index contributed by atoms with van der Waals surface area (Å²) in [7, 11) is 0. The molecule has 0 saturated carbocycles. The summed E-state index contributed by atoms with van der Waals surface area (Å²) in [6, 6.07) is 0. The van der Waals surface area contributed by atoms with Gasteiger partial charge in [0.25, 0.3) is 0 Å². The molecule has 5 heteroatoms. The molecular formula is C6H3Cl2N3. The maximum Gasteiger partial charge on any atom is 0.133 e. The molecule has 0 aliphatic carbocycles. The van der Waals surface area contributed by atoms with Crippen LogP contribution in [0, 0.1) is 0 Å². The minimum atomic E-state index is 0.468. The quantitative estimate of drug-likeness (QED) is 0.688. The van der Waals surface area contributed by atoms with Crippen LogP contribution >= 0.6 is 23.2 Å². The van der Waals surface area contributed by atoms with Crippen molar-refractivity contribution in [1.29, 1.82) is 0 Å². The molecule has 0 aromatic carbocycles. The average Bonchev–Trinajstić information content (AvgIpc) is 2.35. The van der Waals surface area contributed by atoms with Crippen LogP contribution in [0.1, 0.15) is 0 Å². The lowest BCUT2D eigenvalue weighted by atomic mass is 10.3. The van der Waals surface area contributed by atoms with Gasteiger partial charge in [-0.1, -0.05) is 23.2 Å². The lowest BCUT2D eigenvalue weighted by Gasteiger charge is -1.88. The molecule has 0 bridgehead atoms. The van der Waals surface area contributed by atoms with Gasteiger partial charge in [-0.15, -0.1) is 0 Å². The van der Waals surface area contributed by atoms with Crippen LogP contribution in [0.25, 0.3) is 10.9 Å². The van der Waals surface area contributed by atoms with E-state index >= 15 is 0 Å². The summed E-state index contributed by atoms with van der Waals surface area (Å²) in [4.78, 5) is 3.87. The number of H-pyrrole nitrogens is 1. The highest BCUT2D eigenvalue weighted by molar-refractivity contribution is 6.38. The third-order valence-electron chi connectivity index (χ3n) is 1.38. The van der Waals surface area contributed by atoms with Gasteiger partial charge >= 0.3 is 0 Å². The topological polar surface area (TPSA) is 41.6 Å². The van der Waals surface area contributed by atoms with Crippen molar-refractivity contribution >= 4 is 34.1 Å². The Morgan fingerprint density at radius 2 is 2.09 bits per heavy atom. The van der Waals surface area contributed by atoms with Gasteiger partial charge in [0.15, 0.2) is 0 Å². The molecule has 0 fully saturated rings. The molecular weight excluding hydrogens is 185 g/mol. The summed E-state index contributed by atoms with van der Waals surface area (Å²) < 4.78 is 0. The summed E-state index contributed by atoms with van der Waals surface area (Å²) in [5, 5.41) is 8.22. The van der Waals surface area contributed by atoms with Crippen LogP contribution in [0.3, 0.4) is 0 Å². The van der Waals surface area contributed by atoms with E-state index in [4.69, 9.17) is 23.2 Å². The van der Waals surface area contributed by atoms with E-state index in [0.29, 0.717) is 15.7 Å². The standard InChI is InChI=1S/C6H3Cl2N3/c7-4-2-9-1-3-5(4)10-11-6(3)8/h1-2H,(H,10,11). The van der Waals surface area contributed by atoms with Gasteiger partial charge in [0.1, 0.15) is 10.7 Å². The molecule has 56 valence electrons. The van der Waals surface area contributed by atoms with Gasteiger partial charge in [-0.25, -0.2) is 0 Å². The first kappa shape index (κ1) is 6.88. The minimum Gasteiger partial charge on any atom is -0.266 e. The van der Waals surface area contributed by atoms with E-state index in [9.17, 15) is 0 Å². The first-order valence-corrected chi connectivity index (χ1v) is 3.67. The maximum absolute atomic E-state index is 5.77. The van der Waals surface area contributed by atoms with Gasteiger partial charge in [0.2, 0.25) is 0 Å². The Labute approximate surface area is 72.3 Å². The number of nitrogens with one attached hydrogen (secondary N) is 1. The molecule has 0 aliphatic rings. The normalized spacial score (nSPS) is 10.7. The molecule has 0 atom stereocenters. The second-order valence-electron chi connectivity index (χ2n) is 2.06. The van der Waals surface area contributed by atoms with Crippen LogP contribution in [0.5, 0.6) is 0 Å². The molecule has 2 aromatic rings. The molecule has 0 spiro atoms. The zero-order valence-electron chi connectivity index (χ0n) is 5.31. The van der Waals surface area contributed by atoms with Gasteiger partial charge in [-0.05, 0) is 0 Å². The van der Waals surface area contributed by atoms with E-state index in [0.717, 1.165) is 5.39 Å². The molecule has 0 unspecified atom stereocenters. The molecule has 11 heavy (non-hydrogen) atoms. The zero-order valence-corrected chi connectivity index (χ0v) is 6.82. The third kappa shape index (κ3) is 0.968. The molecule has 0 aliphatic heterocycles. The van der Waals surface area contributed by atoms with Crippen LogP contribution in [-0.2, 0) is 0 Å². The number of nitrogens with zero attached hydrogens (tertiary/aromatic N) is 2. The Kier molecular flexibility index (Phi) is 1.47. The minimum absolute atomic E-state index is 0.468. The number of pyridine rings is 1. The lowest BCUT2D eigenvalue weighted by Crippen LogP contribution is -1.73. The predicted molar refractivity (Wildman–Crippen MR) is 43.9 cm³/mol. The number of halogens is 2. The average molecular weight is 188 g/mol. The molecule has 3 nitrogen and oxygen atoms in total. The zero-order chi connectivity index (χ0) is 7.84. The Morgan fingerprint density at radius 3 is 2.82 bits per heavy atom. The molecule has 2 rings (SSSR count). The highest BCUT2D eigenvalue weighted by atomic mass is 35.5. The van der Waals surface area contributed by atoms with E-state index in [1.165, 1.54) is 6.20 Å². The smallest absolute Gasteiger partial charge is 0.133 e. The van der Waals surface area contributed by atoms with Crippen molar-refractivity contribution in [3.8, 4) is 0 Å². The highest BCUT2D eigenvalue weighted by Gasteiger charge is 2.05. The molecule has 2 heterocycles. The second kappa shape index (κ2) is 2.36. The van der Waals surface area contributed by atoms with Crippen molar-refractivity contribution in [2.45, 2.75) is 0 Å². The summed E-state index contributed by atoms with van der Waals surface area (Å²) in [6.45, 7) is 0. The molecule has 0 radical (unpaired) electrons. The van der Waals surface area contributed by atoms with E-state index in [1.54, 1.807) is 6.20 Å². The summed E-state index contributed by atoms with van der Waals surface area (Å²) in [6.07, 6.45) is 3.15. The maximum atomic E-state index is 5.77. The summed E-state index contributed by atoms with van der Waals surface area (Å²) >= 11 is 11.5. The SMILES string of the molecule is Clc1[nH]nc2c(Cl)cncc12.